The minimum Gasteiger partial charge on any atom is -0.397 e. The fraction of sp³-hybridized carbons (Fsp3) is 0.300. The van der Waals surface area contributed by atoms with Crippen molar-refractivity contribution in [3.05, 3.63) is 18.2 Å². The second-order valence-corrected chi connectivity index (χ2v) is 5.64. The third-order valence-electron chi connectivity index (χ3n) is 2.42. The molecule has 106 valence electrons. The Bertz CT molecular complexity index is 573. The van der Waals surface area contributed by atoms with Gasteiger partial charge in [-0.2, -0.15) is 0 Å². The van der Waals surface area contributed by atoms with Crippen LogP contribution in [0.3, 0.4) is 0 Å². The Balaban J connectivity index is 2.87. The lowest BCUT2D eigenvalue weighted by Gasteiger charge is -2.12. The maximum absolute atomic E-state index is 11.5. The van der Waals surface area contributed by atoms with Crippen LogP contribution in [0, 0.1) is 0 Å². The molecule has 0 aliphatic rings. The normalized spacial score (nSPS) is 12.9. The maximum Gasteiger partial charge on any atom is 0.248 e. The molecule has 0 saturated carbocycles. The Morgan fingerprint density at radius 1 is 1.47 bits per heavy atom. The SMILES string of the molecule is CNS(=O)(=O)c1ccc(NCC(O)C(N)=O)c(N)c1. The minimum absolute atomic E-state index is 0.0218. The van der Waals surface area contributed by atoms with E-state index in [-0.39, 0.29) is 17.1 Å². The zero-order valence-corrected chi connectivity index (χ0v) is 11.1. The highest BCUT2D eigenvalue weighted by molar-refractivity contribution is 7.89. The Morgan fingerprint density at radius 2 is 2.11 bits per heavy atom. The first-order valence-corrected chi connectivity index (χ1v) is 6.80. The summed E-state index contributed by atoms with van der Waals surface area (Å²) in [6, 6.07) is 4.05. The molecular formula is C10H16N4O4S. The van der Waals surface area contributed by atoms with Gasteiger partial charge in [0.05, 0.1) is 16.3 Å². The number of aliphatic hydroxyl groups is 1. The number of nitrogens with one attached hydrogen (secondary N) is 2. The van der Waals surface area contributed by atoms with Crippen LogP contribution in [-0.2, 0) is 14.8 Å². The second kappa shape index (κ2) is 5.87. The second-order valence-electron chi connectivity index (χ2n) is 3.76. The fourth-order valence-electron chi connectivity index (χ4n) is 1.29. The number of amides is 1. The van der Waals surface area contributed by atoms with Gasteiger partial charge in [-0.05, 0) is 25.2 Å². The summed E-state index contributed by atoms with van der Waals surface area (Å²) in [4.78, 5) is 10.7. The number of hydrogen-bond acceptors (Lipinski definition) is 6. The van der Waals surface area contributed by atoms with E-state index >= 15 is 0 Å². The Labute approximate surface area is 110 Å². The predicted octanol–water partition coefficient (Wildman–Crippen LogP) is -1.56. The highest BCUT2D eigenvalue weighted by atomic mass is 32.2. The van der Waals surface area contributed by atoms with Crippen LogP contribution in [0.2, 0.25) is 0 Å². The largest absolute Gasteiger partial charge is 0.397 e. The van der Waals surface area contributed by atoms with Crippen molar-refractivity contribution in [3.8, 4) is 0 Å². The number of hydrogen-bond donors (Lipinski definition) is 5. The standard InChI is InChI=1S/C10H16N4O4S/c1-13-19(17,18)6-2-3-8(7(11)4-6)14-5-9(15)10(12)16/h2-4,9,13-15H,5,11H2,1H3,(H2,12,16). The Morgan fingerprint density at radius 3 is 2.58 bits per heavy atom. The molecule has 0 aliphatic carbocycles. The number of sulfonamides is 1. The third-order valence-corrected chi connectivity index (χ3v) is 3.83. The molecule has 0 fully saturated rings. The van der Waals surface area contributed by atoms with E-state index in [1.54, 1.807) is 0 Å². The van der Waals surface area contributed by atoms with E-state index in [0.717, 1.165) is 0 Å². The van der Waals surface area contributed by atoms with Crippen molar-refractivity contribution >= 4 is 27.3 Å². The molecule has 0 aliphatic heterocycles. The monoisotopic (exact) mass is 288 g/mol. The topological polar surface area (TPSA) is 148 Å². The molecule has 1 unspecified atom stereocenters. The summed E-state index contributed by atoms with van der Waals surface area (Å²) >= 11 is 0. The molecule has 1 rings (SSSR count). The van der Waals surface area contributed by atoms with Crippen molar-refractivity contribution in [3.63, 3.8) is 0 Å². The quantitative estimate of drug-likeness (QED) is 0.400. The number of carbonyl (C=O) groups is 1. The highest BCUT2D eigenvalue weighted by Gasteiger charge is 2.14. The molecule has 0 radical (unpaired) electrons. The average molecular weight is 288 g/mol. The smallest absolute Gasteiger partial charge is 0.248 e. The van der Waals surface area contributed by atoms with Gasteiger partial charge in [0.15, 0.2) is 0 Å². The third kappa shape index (κ3) is 3.81. The molecule has 0 saturated heterocycles. The van der Waals surface area contributed by atoms with E-state index in [0.29, 0.717) is 5.69 Å². The maximum atomic E-state index is 11.5. The van der Waals surface area contributed by atoms with Gasteiger partial charge >= 0.3 is 0 Å². The van der Waals surface area contributed by atoms with Crippen LogP contribution >= 0.6 is 0 Å². The first kappa shape index (κ1) is 15.2. The Hall–Kier alpha value is -1.84. The minimum atomic E-state index is -3.56. The van der Waals surface area contributed by atoms with Crippen LogP contribution in [-0.4, -0.2) is 39.1 Å². The summed E-state index contributed by atoms with van der Waals surface area (Å²) in [5.74, 6) is -0.861. The van der Waals surface area contributed by atoms with Crippen LogP contribution < -0.4 is 21.5 Å². The van der Waals surface area contributed by atoms with Gasteiger partial charge in [-0.25, -0.2) is 13.1 Å². The molecular weight excluding hydrogens is 272 g/mol. The van der Waals surface area contributed by atoms with Gasteiger partial charge in [0.1, 0.15) is 6.10 Å². The lowest BCUT2D eigenvalue weighted by molar-refractivity contribution is -0.125. The van der Waals surface area contributed by atoms with Crippen molar-refractivity contribution in [2.45, 2.75) is 11.0 Å². The van der Waals surface area contributed by atoms with Crippen molar-refractivity contribution in [1.82, 2.24) is 4.72 Å². The number of rotatable bonds is 6. The molecule has 0 aromatic heterocycles. The summed E-state index contributed by atoms with van der Waals surface area (Å²) in [5.41, 5.74) is 11.1. The zero-order chi connectivity index (χ0) is 14.6. The molecule has 19 heavy (non-hydrogen) atoms. The molecule has 1 aromatic rings. The van der Waals surface area contributed by atoms with Gasteiger partial charge in [0, 0.05) is 6.54 Å². The fourth-order valence-corrected chi connectivity index (χ4v) is 2.06. The lowest BCUT2D eigenvalue weighted by atomic mass is 10.2. The van der Waals surface area contributed by atoms with E-state index in [4.69, 9.17) is 11.5 Å². The Kier molecular flexibility index (Phi) is 4.70. The van der Waals surface area contributed by atoms with Crippen molar-refractivity contribution in [1.29, 1.82) is 0 Å². The molecule has 0 heterocycles. The highest BCUT2D eigenvalue weighted by Crippen LogP contribution is 2.22. The summed E-state index contributed by atoms with van der Waals surface area (Å²) in [7, 11) is -2.27. The number of aliphatic hydroxyl groups excluding tert-OH is 1. The lowest BCUT2D eigenvalue weighted by Crippen LogP contribution is -2.34. The first-order valence-electron chi connectivity index (χ1n) is 5.32. The summed E-state index contributed by atoms with van der Waals surface area (Å²) in [5, 5.41) is 11.9. The predicted molar refractivity (Wildman–Crippen MR) is 70.8 cm³/mol. The van der Waals surface area contributed by atoms with Crippen LogP contribution in [0.4, 0.5) is 11.4 Å². The molecule has 9 heteroatoms. The molecule has 8 nitrogen and oxygen atoms in total. The van der Waals surface area contributed by atoms with Crippen LogP contribution in [0.15, 0.2) is 23.1 Å². The molecule has 7 N–H and O–H groups in total. The van der Waals surface area contributed by atoms with Crippen molar-refractivity contribution in [2.24, 2.45) is 5.73 Å². The molecule has 1 aromatic carbocycles. The number of nitrogen functional groups attached to an aromatic ring is 1. The number of benzene rings is 1. The summed E-state index contributed by atoms with van der Waals surface area (Å²) in [6.07, 6.45) is -1.35. The molecule has 1 amide bonds. The van der Waals surface area contributed by atoms with Crippen LogP contribution in [0.5, 0.6) is 0 Å². The number of carbonyl (C=O) groups excluding carboxylic acids is 1. The van der Waals surface area contributed by atoms with Crippen LogP contribution in [0.1, 0.15) is 0 Å². The summed E-state index contributed by atoms with van der Waals surface area (Å²) < 4.78 is 25.2. The van der Waals surface area contributed by atoms with E-state index < -0.39 is 22.0 Å². The van der Waals surface area contributed by atoms with Crippen molar-refractivity contribution in [2.75, 3.05) is 24.6 Å². The van der Waals surface area contributed by atoms with E-state index in [9.17, 15) is 18.3 Å². The van der Waals surface area contributed by atoms with Gasteiger partial charge in [-0.1, -0.05) is 0 Å². The number of anilines is 2. The van der Waals surface area contributed by atoms with Gasteiger partial charge in [0.2, 0.25) is 15.9 Å². The van der Waals surface area contributed by atoms with Gasteiger partial charge < -0.3 is 21.9 Å². The van der Waals surface area contributed by atoms with E-state index in [2.05, 4.69) is 10.0 Å². The molecule has 0 bridgehead atoms. The molecule has 0 spiro atoms. The number of nitrogens with two attached hydrogens (primary N) is 2. The first-order chi connectivity index (χ1) is 8.77. The average Bonchev–Trinajstić information content (AvgIpc) is 2.36. The van der Waals surface area contributed by atoms with Crippen molar-refractivity contribution < 1.29 is 18.3 Å². The van der Waals surface area contributed by atoms with E-state index in [1.807, 2.05) is 0 Å². The van der Waals surface area contributed by atoms with Gasteiger partial charge in [-0.15, -0.1) is 0 Å². The van der Waals surface area contributed by atoms with Crippen LogP contribution in [0.25, 0.3) is 0 Å². The zero-order valence-electron chi connectivity index (χ0n) is 10.3. The molecule has 1 atom stereocenters. The van der Waals surface area contributed by atoms with Gasteiger partial charge in [0.25, 0.3) is 0 Å². The summed E-state index contributed by atoms with van der Waals surface area (Å²) in [6.45, 7) is -0.113. The van der Waals surface area contributed by atoms with Gasteiger partial charge in [-0.3, -0.25) is 4.79 Å². The number of primary amides is 1. The van der Waals surface area contributed by atoms with E-state index in [1.165, 1.54) is 25.2 Å².